The average molecular weight is 280 g/mol. The minimum absolute atomic E-state index is 0.0833. The van der Waals surface area contributed by atoms with Crippen LogP contribution in [0.25, 0.3) is 6.08 Å². The Labute approximate surface area is 121 Å². The number of carbonyl (C=O) groups is 1. The highest BCUT2D eigenvalue weighted by Crippen LogP contribution is 2.16. The van der Waals surface area contributed by atoms with E-state index in [1.165, 1.54) is 0 Å². The molecule has 0 bridgehead atoms. The molecule has 0 aromatic heterocycles. The lowest BCUT2D eigenvalue weighted by atomic mass is 10.1. The molecule has 0 atom stereocenters. The molecule has 0 unspecified atom stereocenters. The molecule has 0 aliphatic rings. The van der Waals surface area contributed by atoms with Crippen molar-refractivity contribution in [3.05, 3.63) is 40.4 Å². The summed E-state index contributed by atoms with van der Waals surface area (Å²) in [6.45, 7) is 10.00. The molecule has 19 heavy (non-hydrogen) atoms. The molecule has 1 rings (SSSR count). The number of hydrogen-bond donors (Lipinski definition) is 0. The zero-order valence-electron chi connectivity index (χ0n) is 12.3. The topological polar surface area (TPSA) is 20.3 Å². The van der Waals surface area contributed by atoms with Crippen molar-refractivity contribution in [3.8, 4) is 0 Å². The molecule has 1 aromatic rings. The number of hydrogen-bond acceptors (Lipinski definition) is 1. The molecule has 2 nitrogen and oxygen atoms in total. The van der Waals surface area contributed by atoms with Crippen molar-refractivity contribution < 1.29 is 4.79 Å². The van der Waals surface area contributed by atoms with Crippen molar-refractivity contribution in [2.24, 2.45) is 0 Å². The molecule has 0 aliphatic heterocycles. The van der Waals surface area contributed by atoms with E-state index < -0.39 is 0 Å². The van der Waals surface area contributed by atoms with Crippen LogP contribution < -0.4 is 0 Å². The first-order valence-electron chi connectivity index (χ1n) is 6.59. The van der Waals surface area contributed by atoms with Crippen molar-refractivity contribution in [1.29, 1.82) is 0 Å². The lowest BCUT2D eigenvalue weighted by Crippen LogP contribution is -2.42. The van der Waals surface area contributed by atoms with Gasteiger partial charge in [-0.2, -0.15) is 0 Å². The summed E-state index contributed by atoms with van der Waals surface area (Å²) in [5, 5.41) is 0.701. The van der Waals surface area contributed by atoms with Crippen LogP contribution in [0.3, 0.4) is 0 Å². The first-order valence-corrected chi connectivity index (χ1v) is 6.97. The van der Waals surface area contributed by atoms with Gasteiger partial charge in [0.05, 0.1) is 0 Å². The lowest BCUT2D eigenvalue weighted by Gasteiger charge is -2.31. The van der Waals surface area contributed by atoms with Crippen LogP contribution in [0.4, 0.5) is 0 Å². The summed E-state index contributed by atoms with van der Waals surface area (Å²) >= 11 is 5.85. The van der Waals surface area contributed by atoms with Gasteiger partial charge in [0.2, 0.25) is 5.91 Å². The zero-order chi connectivity index (χ0) is 14.6. The number of halogens is 1. The third kappa shape index (κ3) is 4.39. The fourth-order valence-electron chi connectivity index (χ4n) is 2.14. The number of carbonyl (C=O) groups excluding carboxylic acids is 1. The van der Waals surface area contributed by atoms with Crippen molar-refractivity contribution >= 4 is 23.6 Å². The van der Waals surface area contributed by atoms with Crippen LogP contribution in [0.2, 0.25) is 5.02 Å². The second-order valence-corrected chi connectivity index (χ2v) is 5.72. The molecule has 104 valence electrons. The minimum atomic E-state index is 0.0833. The van der Waals surface area contributed by atoms with Crippen LogP contribution >= 0.6 is 11.6 Å². The van der Waals surface area contributed by atoms with Gasteiger partial charge in [-0.25, -0.2) is 0 Å². The van der Waals surface area contributed by atoms with Gasteiger partial charge in [-0.1, -0.05) is 23.7 Å². The van der Waals surface area contributed by atoms with E-state index in [1.807, 2.05) is 69.9 Å². The Balaban J connectivity index is 2.95. The Kier molecular flexibility index (Phi) is 5.61. The van der Waals surface area contributed by atoms with Gasteiger partial charge in [0.25, 0.3) is 0 Å². The molecule has 1 amide bonds. The van der Waals surface area contributed by atoms with Crippen molar-refractivity contribution in [3.63, 3.8) is 0 Å². The van der Waals surface area contributed by atoms with E-state index >= 15 is 0 Å². The highest BCUT2D eigenvalue weighted by molar-refractivity contribution is 6.30. The predicted molar refractivity (Wildman–Crippen MR) is 82.2 cm³/mol. The largest absolute Gasteiger partial charge is 0.334 e. The minimum Gasteiger partial charge on any atom is -0.334 e. The fourth-order valence-corrected chi connectivity index (χ4v) is 2.27. The van der Waals surface area contributed by atoms with Gasteiger partial charge in [0.1, 0.15) is 0 Å². The maximum absolute atomic E-state index is 12.4. The second-order valence-electron chi connectivity index (χ2n) is 5.28. The van der Waals surface area contributed by atoms with Crippen LogP contribution in [0.5, 0.6) is 0 Å². The molecule has 0 heterocycles. The standard InChI is InChI=1S/C16H22ClNO/c1-11(2)18(12(3)4)16(19)13(5)10-14-6-8-15(17)9-7-14/h6-12H,1-5H3/b13-10-. The normalized spacial score (nSPS) is 12.1. The molecular weight excluding hydrogens is 258 g/mol. The number of amides is 1. The van der Waals surface area contributed by atoms with Crippen LogP contribution in [0, 0.1) is 0 Å². The Morgan fingerprint density at radius 2 is 1.58 bits per heavy atom. The summed E-state index contributed by atoms with van der Waals surface area (Å²) in [6.07, 6.45) is 1.90. The Morgan fingerprint density at radius 1 is 1.11 bits per heavy atom. The number of nitrogens with zero attached hydrogens (tertiary/aromatic N) is 1. The van der Waals surface area contributed by atoms with E-state index in [4.69, 9.17) is 11.6 Å². The van der Waals surface area contributed by atoms with E-state index in [9.17, 15) is 4.79 Å². The number of rotatable bonds is 4. The molecule has 0 N–H and O–H groups in total. The maximum atomic E-state index is 12.4. The predicted octanol–water partition coefficient (Wildman–Crippen LogP) is 4.39. The average Bonchev–Trinajstić information content (AvgIpc) is 2.31. The smallest absolute Gasteiger partial charge is 0.249 e. The summed E-state index contributed by atoms with van der Waals surface area (Å²) in [7, 11) is 0. The molecule has 1 aromatic carbocycles. The summed E-state index contributed by atoms with van der Waals surface area (Å²) in [4.78, 5) is 14.3. The van der Waals surface area contributed by atoms with E-state index in [0.717, 1.165) is 11.1 Å². The molecule has 0 radical (unpaired) electrons. The van der Waals surface area contributed by atoms with Gasteiger partial charge in [0.15, 0.2) is 0 Å². The molecule has 0 saturated carbocycles. The molecule has 0 saturated heterocycles. The Bertz CT molecular complexity index is 452. The summed E-state index contributed by atoms with van der Waals surface area (Å²) in [6, 6.07) is 7.87. The van der Waals surface area contributed by atoms with E-state index in [1.54, 1.807) is 0 Å². The highest BCUT2D eigenvalue weighted by Gasteiger charge is 2.20. The summed E-state index contributed by atoms with van der Waals surface area (Å²) in [5.74, 6) is 0.0833. The molecule has 3 heteroatoms. The lowest BCUT2D eigenvalue weighted by molar-refractivity contribution is -0.130. The van der Waals surface area contributed by atoms with Crippen LogP contribution in [0.15, 0.2) is 29.8 Å². The Morgan fingerprint density at radius 3 is 2.00 bits per heavy atom. The molecule has 0 fully saturated rings. The third-order valence-electron chi connectivity index (χ3n) is 2.94. The SMILES string of the molecule is C/C(=C/c1ccc(Cl)cc1)C(=O)N(C(C)C)C(C)C. The van der Waals surface area contributed by atoms with E-state index in [2.05, 4.69) is 0 Å². The molecule has 0 spiro atoms. The third-order valence-corrected chi connectivity index (χ3v) is 3.19. The van der Waals surface area contributed by atoms with Crippen LogP contribution in [0.1, 0.15) is 40.2 Å². The quantitative estimate of drug-likeness (QED) is 0.749. The van der Waals surface area contributed by atoms with Crippen molar-refractivity contribution in [1.82, 2.24) is 4.90 Å². The van der Waals surface area contributed by atoms with E-state index in [0.29, 0.717) is 5.02 Å². The molecule has 0 aliphatic carbocycles. The highest BCUT2D eigenvalue weighted by atomic mass is 35.5. The summed E-state index contributed by atoms with van der Waals surface area (Å²) < 4.78 is 0. The van der Waals surface area contributed by atoms with Crippen LogP contribution in [-0.2, 0) is 4.79 Å². The number of benzene rings is 1. The van der Waals surface area contributed by atoms with Gasteiger partial charge in [-0.3, -0.25) is 4.79 Å². The van der Waals surface area contributed by atoms with Crippen molar-refractivity contribution in [2.75, 3.05) is 0 Å². The first-order chi connectivity index (χ1) is 8.82. The van der Waals surface area contributed by atoms with Gasteiger partial charge >= 0.3 is 0 Å². The van der Waals surface area contributed by atoms with Gasteiger partial charge < -0.3 is 4.90 Å². The second kappa shape index (κ2) is 6.76. The summed E-state index contributed by atoms with van der Waals surface area (Å²) in [5.41, 5.74) is 1.73. The Hall–Kier alpha value is -1.28. The van der Waals surface area contributed by atoms with Gasteiger partial charge in [0, 0.05) is 22.7 Å². The van der Waals surface area contributed by atoms with Crippen molar-refractivity contribution in [2.45, 2.75) is 46.7 Å². The van der Waals surface area contributed by atoms with E-state index in [-0.39, 0.29) is 18.0 Å². The molecular formula is C16H22ClNO. The fraction of sp³-hybridized carbons (Fsp3) is 0.438. The zero-order valence-corrected chi connectivity index (χ0v) is 13.0. The van der Waals surface area contributed by atoms with Gasteiger partial charge in [-0.05, 0) is 58.4 Å². The van der Waals surface area contributed by atoms with Crippen LogP contribution in [-0.4, -0.2) is 22.9 Å². The monoisotopic (exact) mass is 279 g/mol. The van der Waals surface area contributed by atoms with Gasteiger partial charge in [-0.15, -0.1) is 0 Å². The maximum Gasteiger partial charge on any atom is 0.249 e. The first kappa shape index (κ1) is 15.8.